The number of aliphatic imine (C=N–C) groups is 1. The van der Waals surface area contributed by atoms with E-state index >= 15 is 0 Å². The van der Waals surface area contributed by atoms with Crippen LogP contribution in [0.5, 0.6) is 0 Å². The SMILES string of the molecule is CC[C@@H]1OC(=O)[C@H](C)C(=O)[C@H](C)[C@@H](O[C@@H]2O[C@H](C)C[C@H](N(C)C)[C@H]2O)[C@@](C)(OC)C[C@@H](C)C2=NC[C@H](COCc3ccccc3)N3C(=O)O[C@@]1(C)[C@H]3[C@@H]2C. The molecule has 13 heteroatoms. The number of cyclic esters (lactones) is 1. The molecule has 2 bridgehead atoms. The lowest BCUT2D eigenvalue weighted by Gasteiger charge is -2.47. The maximum absolute atomic E-state index is 14.3. The molecule has 4 aliphatic rings. The Morgan fingerprint density at radius 2 is 1.72 bits per heavy atom. The number of carbonyl (C=O) groups excluding carboxylic acids is 3. The topological polar surface area (TPSA) is 146 Å². The van der Waals surface area contributed by atoms with Gasteiger partial charge >= 0.3 is 12.1 Å². The third-order valence-electron chi connectivity index (χ3n) is 12.4. The normalized spacial score (nSPS) is 40.8. The van der Waals surface area contributed by atoms with Crippen molar-refractivity contribution in [3.8, 4) is 0 Å². The van der Waals surface area contributed by atoms with E-state index in [1.165, 1.54) is 6.92 Å². The number of amides is 1. The standard InChI is InChI=1S/C41H63N3O10/c1-12-31-41(8)35-25(4)32(42-20-29(44(35)39(48)54-41)22-50-21-28-16-14-13-15-17-28)23(2)19-40(7,49-11)36(26(5)33(45)27(6)37(47)52-31)53-38-34(46)30(43(9)10)18-24(3)51-38/h13-17,23-27,29-31,34-36,38,46H,12,18-22H2,1-11H3/t23-,24-,25-,26+,27-,29-,30+,31+,34-,35-,36-,38+,40+,41-/m1/s1. The molecule has 14 atom stereocenters. The Labute approximate surface area is 321 Å². The third-order valence-corrected chi connectivity index (χ3v) is 12.4. The molecule has 1 amide bonds. The number of carbonyl (C=O) groups is 3. The van der Waals surface area contributed by atoms with Crippen LogP contribution in [0.15, 0.2) is 35.3 Å². The largest absolute Gasteiger partial charge is 0.458 e. The van der Waals surface area contributed by atoms with Crippen LogP contribution in [0.2, 0.25) is 0 Å². The summed E-state index contributed by atoms with van der Waals surface area (Å²) in [5.41, 5.74) is -0.518. The molecule has 0 aliphatic carbocycles. The Balaban J connectivity index is 1.57. The number of ketones is 1. The van der Waals surface area contributed by atoms with Crippen molar-refractivity contribution in [2.75, 3.05) is 34.4 Å². The zero-order valence-corrected chi connectivity index (χ0v) is 34.0. The second-order valence-corrected chi connectivity index (χ2v) is 16.6. The van der Waals surface area contributed by atoms with Crippen molar-refractivity contribution < 1.29 is 47.9 Å². The van der Waals surface area contributed by atoms with Gasteiger partial charge in [-0.05, 0) is 72.5 Å². The van der Waals surface area contributed by atoms with E-state index in [9.17, 15) is 19.5 Å². The van der Waals surface area contributed by atoms with Crippen molar-refractivity contribution in [2.45, 2.75) is 141 Å². The molecule has 302 valence electrons. The van der Waals surface area contributed by atoms with Gasteiger partial charge in [0, 0.05) is 30.7 Å². The van der Waals surface area contributed by atoms with Gasteiger partial charge in [-0.3, -0.25) is 19.5 Å². The molecule has 0 aromatic heterocycles. The highest BCUT2D eigenvalue weighted by Crippen LogP contribution is 2.45. The fourth-order valence-electron chi connectivity index (χ4n) is 9.42. The van der Waals surface area contributed by atoms with Crippen molar-refractivity contribution >= 4 is 23.6 Å². The number of aliphatic hydroxyl groups excluding tert-OH is 1. The second kappa shape index (κ2) is 17.1. The summed E-state index contributed by atoms with van der Waals surface area (Å²) in [6.45, 7) is 15.8. The molecule has 1 N–H and O–H groups in total. The van der Waals surface area contributed by atoms with Gasteiger partial charge in [0.2, 0.25) is 0 Å². The molecule has 4 aliphatic heterocycles. The number of ether oxygens (including phenoxy) is 6. The van der Waals surface area contributed by atoms with E-state index in [0.717, 1.165) is 11.3 Å². The second-order valence-electron chi connectivity index (χ2n) is 16.6. The van der Waals surface area contributed by atoms with Crippen LogP contribution >= 0.6 is 0 Å². The molecule has 0 spiro atoms. The Hall–Kier alpha value is -2.94. The van der Waals surface area contributed by atoms with Crippen LogP contribution in [-0.4, -0.2) is 133 Å². The summed E-state index contributed by atoms with van der Waals surface area (Å²) < 4.78 is 37.9. The Bertz CT molecular complexity index is 1510. The van der Waals surface area contributed by atoms with Gasteiger partial charge in [0.15, 0.2) is 17.7 Å². The van der Waals surface area contributed by atoms with Gasteiger partial charge in [-0.15, -0.1) is 0 Å². The van der Waals surface area contributed by atoms with Gasteiger partial charge < -0.3 is 38.4 Å². The highest BCUT2D eigenvalue weighted by Gasteiger charge is 2.62. The van der Waals surface area contributed by atoms with Crippen LogP contribution in [0.1, 0.15) is 80.2 Å². The first kappa shape index (κ1) is 42.2. The van der Waals surface area contributed by atoms with E-state index in [2.05, 4.69) is 6.92 Å². The summed E-state index contributed by atoms with van der Waals surface area (Å²) in [4.78, 5) is 51.2. The average molecular weight is 758 g/mol. The van der Waals surface area contributed by atoms with E-state index in [-0.39, 0.29) is 37.1 Å². The highest BCUT2D eigenvalue weighted by molar-refractivity contribution is 6.00. The number of rotatable bonds is 9. The average Bonchev–Trinajstić information content (AvgIpc) is 3.31. The Morgan fingerprint density at radius 1 is 1.04 bits per heavy atom. The van der Waals surface area contributed by atoms with Crippen LogP contribution < -0.4 is 0 Å². The number of hydrogen-bond donors (Lipinski definition) is 1. The van der Waals surface area contributed by atoms with Crippen LogP contribution in [0.25, 0.3) is 0 Å². The molecule has 4 heterocycles. The summed E-state index contributed by atoms with van der Waals surface area (Å²) in [6.07, 6.45) is -3.28. The van der Waals surface area contributed by atoms with Gasteiger partial charge in [0.1, 0.15) is 18.1 Å². The summed E-state index contributed by atoms with van der Waals surface area (Å²) in [5.74, 6) is -3.71. The number of esters is 1. The van der Waals surface area contributed by atoms with E-state index in [1.807, 2.05) is 83.9 Å². The molecule has 5 rings (SSSR count). The monoisotopic (exact) mass is 757 g/mol. The molecule has 1 aromatic rings. The molecule has 0 radical (unpaired) electrons. The summed E-state index contributed by atoms with van der Waals surface area (Å²) >= 11 is 0. The first-order chi connectivity index (χ1) is 25.5. The summed E-state index contributed by atoms with van der Waals surface area (Å²) in [7, 11) is 5.38. The lowest BCUT2D eigenvalue weighted by Crippen LogP contribution is -2.60. The van der Waals surface area contributed by atoms with Crippen LogP contribution in [-0.2, 0) is 44.6 Å². The van der Waals surface area contributed by atoms with E-state index < -0.39 is 77.6 Å². The number of aliphatic hydroxyl groups is 1. The Morgan fingerprint density at radius 3 is 2.35 bits per heavy atom. The van der Waals surface area contributed by atoms with Crippen molar-refractivity contribution in [2.24, 2.45) is 28.7 Å². The van der Waals surface area contributed by atoms with Crippen molar-refractivity contribution in [3.05, 3.63) is 35.9 Å². The maximum Gasteiger partial charge on any atom is 0.411 e. The van der Waals surface area contributed by atoms with Crippen LogP contribution in [0.4, 0.5) is 4.79 Å². The zero-order chi connectivity index (χ0) is 39.7. The maximum atomic E-state index is 14.3. The molecular formula is C41H63N3O10. The number of hydrogen-bond acceptors (Lipinski definition) is 12. The fourth-order valence-corrected chi connectivity index (χ4v) is 9.42. The smallest absolute Gasteiger partial charge is 0.411 e. The summed E-state index contributed by atoms with van der Waals surface area (Å²) in [6, 6.07) is 8.57. The lowest BCUT2D eigenvalue weighted by atomic mass is 9.73. The predicted molar refractivity (Wildman–Crippen MR) is 202 cm³/mol. The third kappa shape index (κ3) is 8.27. The summed E-state index contributed by atoms with van der Waals surface area (Å²) in [5, 5.41) is 11.5. The van der Waals surface area contributed by atoms with E-state index in [0.29, 0.717) is 25.9 Å². The Kier molecular flexibility index (Phi) is 13.3. The van der Waals surface area contributed by atoms with Crippen molar-refractivity contribution in [1.82, 2.24) is 9.80 Å². The van der Waals surface area contributed by atoms with Gasteiger partial charge in [0.05, 0.1) is 49.7 Å². The number of likely N-dealkylation sites (N-methyl/N-ethyl adjacent to an activating group) is 1. The molecule has 1 aromatic carbocycles. The van der Waals surface area contributed by atoms with Gasteiger partial charge in [0.25, 0.3) is 0 Å². The highest BCUT2D eigenvalue weighted by atomic mass is 16.7. The molecule has 3 saturated heterocycles. The van der Waals surface area contributed by atoms with Crippen molar-refractivity contribution in [1.29, 1.82) is 0 Å². The molecule has 13 nitrogen and oxygen atoms in total. The molecule has 54 heavy (non-hydrogen) atoms. The van der Waals surface area contributed by atoms with Gasteiger partial charge in [-0.1, -0.05) is 58.0 Å². The number of Topliss-reactive ketones (excluding diaryl/α,β-unsaturated/α-hetero) is 1. The van der Waals surface area contributed by atoms with Crippen LogP contribution in [0, 0.1) is 23.7 Å². The number of benzene rings is 1. The van der Waals surface area contributed by atoms with E-state index in [1.54, 1.807) is 18.9 Å². The predicted octanol–water partition coefficient (Wildman–Crippen LogP) is 4.66. The minimum absolute atomic E-state index is 0.218. The minimum Gasteiger partial charge on any atom is -0.458 e. The molecule has 0 unspecified atom stereocenters. The molecule has 0 saturated carbocycles. The fraction of sp³-hybridized carbons (Fsp3) is 0.756. The van der Waals surface area contributed by atoms with Crippen LogP contribution in [0.3, 0.4) is 0 Å². The number of fused-ring (bicyclic) bond motifs is 1. The first-order valence-corrected chi connectivity index (χ1v) is 19.6. The van der Waals surface area contributed by atoms with Gasteiger partial charge in [-0.25, -0.2) is 4.79 Å². The van der Waals surface area contributed by atoms with Crippen molar-refractivity contribution in [3.63, 3.8) is 0 Å². The number of methoxy groups -OCH3 is 1. The first-order valence-electron chi connectivity index (χ1n) is 19.6. The number of nitrogens with zero attached hydrogens (tertiary/aromatic N) is 3. The van der Waals surface area contributed by atoms with Gasteiger partial charge in [-0.2, -0.15) is 0 Å². The quantitative estimate of drug-likeness (QED) is 0.277. The zero-order valence-electron chi connectivity index (χ0n) is 34.0. The minimum atomic E-state index is -1.26. The lowest BCUT2D eigenvalue weighted by molar-refractivity contribution is -0.295. The van der Waals surface area contributed by atoms with E-state index in [4.69, 9.17) is 33.4 Å². The molecule has 3 fully saturated rings. The molecular weight excluding hydrogens is 694 g/mol.